The zero-order valence-electron chi connectivity index (χ0n) is 10.7. The van der Waals surface area contributed by atoms with E-state index in [1.54, 1.807) is 11.8 Å². The Bertz CT molecular complexity index is 539. The fourth-order valence-electron chi connectivity index (χ4n) is 1.70. The van der Waals surface area contributed by atoms with E-state index in [2.05, 4.69) is 5.10 Å². The fourth-order valence-corrected chi connectivity index (χ4v) is 2.59. The fraction of sp³-hybridized carbons (Fsp3) is 0.286. The van der Waals surface area contributed by atoms with E-state index < -0.39 is 5.97 Å². The highest BCUT2D eigenvalue weighted by atomic mass is 32.2. The third-order valence-electron chi connectivity index (χ3n) is 2.65. The van der Waals surface area contributed by atoms with E-state index in [0.717, 1.165) is 17.0 Å². The van der Waals surface area contributed by atoms with Crippen molar-refractivity contribution in [1.29, 1.82) is 0 Å². The van der Waals surface area contributed by atoms with Gasteiger partial charge in [-0.25, -0.2) is 4.68 Å². The van der Waals surface area contributed by atoms with E-state index in [1.165, 1.54) is 0 Å². The largest absolute Gasteiger partial charge is 0.481 e. The molecule has 19 heavy (non-hydrogen) atoms. The molecule has 0 aliphatic heterocycles. The second-order valence-electron chi connectivity index (χ2n) is 4.35. The number of hydrogen-bond acceptors (Lipinski definition) is 3. The molecule has 5 heteroatoms. The van der Waals surface area contributed by atoms with Gasteiger partial charge in [-0.05, 0) is 12.1 Å². The topological polar surface area (TPSA) is 55.1 Å². The molecule has 100 valence electrons. The first-order valence-electron chi connectivity index (χ1n) is 6.07. The maximum atomic E-state index is 10.6. The molecule has 0 radical (unpaired) electrons. The summed E-state index contributed by atoms with van der Waals surface area (Å²) in [6, 6.07) is 9.91. The molecule has 0 aliphatic rings. The van der Waals surface area contributed by atoms with Gasteiger partial charge in [-0.2, -0.15) is 16.9 Å². The first-order valence-corrected chi connectivity index (χ1v) is 7.12. The van der Waals surface area contributed by atoms with Crippen LogP contribution in [0.25, 0.3) is 5.69 Å². The Morgan fingerprint density at radius 1 is 1.42 bits per heavy atom. The van der Waals surface area contributed by atoms with Gasteiger partial charge in [0.05, 0.1) is 18.3 Å². The summed E-state index contributed by atoms with van der Waals surface area (Å²) in [7, 11) is 0. The van der Waals surface area contributed by atoms with Crippen molar-refractivity contribution in [2.24, 2.45) is 0 Å². The number of carboxylic acid groups (broad SMARTS) is 1. The summed E-state index contributed by atoms with van der Waals surface area (Å²) in [6.45, 7) is 1.93. The van der Waals surface area contributed by atoms with E-state index in [9.17, 15) is 4.79 Å². The molecule has 0 saturated heterocycles. The van der Waals surface area contributed by atoms with Crippen molar-refractivity contribution in [3.63, 3.8) is 0 Å². The predicted molar refractivity (Wildman–Crippen MR) is 76.6 cm³/mol. The van der Waals surface area contributed by atoms with Gasteiger partial charge in [-0.3, -0.25) is 4.79 Å². The zero-order valence-corrected chi connectivity index (χ0v) is 11.5. The van der Waals surface area contributed by atoms with Crippen LogP contribution < -0.4 is 0 Å². The average molecular weight is 276 g/mol. The van der Waals surface area contributed by atoms with Gasteiger partial charge in [0, 0.05) is 22.8 Å². The lowest BCUT2D eigenvalue weighted by atomic mass is 10.3. The van der Waals surface area contributed by atoms with E-state index in [4.69, 9.17) is 5.11 Å². The van der Waals surface area contributed by atoms with Crippen molar-refractivity contribution < 1.29 is 9.90 Å². The summed E-state index contributed by atoms with van der Waals surface area (Å²) in [6.07, 6.45) is 4.00. The van der Waals surface area contributed by atoms with Gasteiger partial charge in [0.15, 0.2) is 0 Å². The Morgan fingerprint density at radius 3 is 2.84 bits per heavy atom. The van der Waals surface area contributed by atoms with Gasteiger partial charge in [-0.1, -0.05) is 25.1 Å². The Morgan fingerprint density at radius 2 is 2.16 bits per heavy atom. The van der Waals surface area contributed by atoms with Crippen LogP contribution in [0.4, 0.5) is 0 Å². The van der Waals surface area contributed by atoms with Gasteiger partial charge in [0.2, 0.25) is 0 Å². The van der Waals surface area contributed by atoms with Crippen LogP contribution in [0.5, 0.6) is 0 Å². The molecule has 0 spiro atoms. The van der Waals surface area contributed by atoms with E-state index in [0.29, 0.717) is 0 Å². The van der Waals surface area contributed by atoms with Gasteiger partial charge in [0.1, 0.15) is 0 Å². The van der Waals surface area contributed by atoms with Crippen LogP contribution in [0, 0.1) is 0 Å². The second-order valence-corrected chi connectivity index (χ2v) is 5.77. The first-order chi connectivity index (χ1) is 9.15. The molecular weight excluding hydrogens is 260 g/mol. The number of para-hydroxylation sites is 1. The minimum absolute atomic E-state index is 0.109. The molecule has 2 aromatic rings. The number of thioether (sulfide) groups is 1. The summed E-state index contributed by atoms with van der Waals surface area (Å²) < 4.78 is 1.83. The lowest BCUT2D eigenvalue weighted by Crippen LogP contribution is -2.05. The Labute approximate surface area is 116 Å². The number of carboxylic acids is 1. The first kappa shape index (κ1) is 13.7. The SMILES string of the molecule is CC(CC(=O)O)SCc1cnn(-c2ccccc2)c1. The van der Waals surface area contributed by atoms with Crippen molar-refractivity contribution in [3.05, 3.63) is 48.3 Å². The summed E-state index contributed by atoms with van der Waals surface area (Å²) in [5, 5.41) is 13.1. The minimum Gasteiger partial charge on any atom is -0.481 e. The second kappa shape index (κ2) is 6.43. The smallest absolute Gasteiger partial charge is 0.304 e. The molecule has 4 nitrogen and oxygen atoms in total. The number of hydrogen-bond donors (Lipinski definition) is 1. The van der Waals surface area contributed by atoms with Gasteiger partial charge in [-0.15, -0.1) is 0 Å². The highest BCUT2D eigenvalue weighted by Crippen LogP contribution is 2.20. The van der Waals surface area contributed by atoms with Crippen LogP contribution in [0.3, 0.4) is 0 Å². The van der Waals surface area contributed by atoms with Crippen molar-refractivity contribution in [2.75, 3.05) is 0 Å². The maximum Gasteiger partial charge on any atom is 0.304 e. The monoisotopic (exact) mass is 276 g/mol. The van der Waals surface area contributed by atoms with Gasteiger partial charge < -0.3 is 5.11 Å². The number of aliphatic carboxylic acids is 1. The molecule has 1 aromatic heterocycles. The number of aromatic nitrogens is 2. The number of nitrogens with zero attached hydrogens (tertiary/aromatic N) is 2. The van der Waals surface area contributed by atoms with Crippen molar-refractivity contribution in [1.82, 2.24) is 9.78 Å². The van der Waals surface area contributed by atoms with Gasteiger partial charge >= 0.3 is 5.97 Å². The normalized spacial score (nSPS) is 12.3. The summed E-state index contributed by atoms with van der Waals surface area (Å²) in [4.78, 5) is 10.6. The van der Waals surface area contributed by atoms with Crippen LogP contribution >= 0.6 is 11.8 Å². The number of benzene rings is 1. The van der Waals surface area contributed by atoms with E-state index in [1.807, 2.05) is 54.3 Å². The highest BCUT2D eigenvalue weighted by Gasteiger charge is 2.09. The lowest BCUT2D eigenvalue weighted by molar-refractivity contribution is -0.136. The van der Waals surface area contributed by atoms with Crippen molar-refractivity contribution in [2.45, 2.75) is 24.3 Å². The third kappa shape index (κ3) is 4.13. The molecule has 2 rings (SSSR count). The number of carbonyl (C=O) groups is 1. The Balaban J connectivity index is 1.93. The van der Waals surface area contributed by atoms with Crippen LogP contribution in [0.15, 0.2) is 42.7 Å². The third-order valence-corrected chi connectivity index (χ3v) is 3.89. The molecular formula is C14H16N2O2S. The van der Waals surface area contributed by atoms with Crippen LogP contribution in [-0.4, -0.2) is 26.1 Å². The van der Waals surface area contributed by atoms with Crippen molar-refractivity contribution in [3.8, 4) is 5.69 Å². The molecule has 1 atom stereocenters. The predicted octanol–water partition coefficient (Wildman–Crippen LogP) is 2.97. The number of rotatable bonds is 6. The quantitative estimate of drug-likeness (QED) is 0.881. The van der Waals surface area contributed by atoms with Crippen molar-refractivity contribution >= 4 is 17.7 Å². The molecule has 0 saturated carbocycles. The molecule has 1 N–H and O–H groups in total. The molecule has 0 amide bonds. The summed E-state index contributed by atoms with van der Waals surface area (Å²) in [5.41, 5.74) is 2.13. The van der Waals surface area contributed by atoms with E-state index >= 15 is 0 Å². The summed E-state index contributed by atoms with van der Waals surface area (Å²) in [5.74, 6) is 0.0290. The maximum absolute atomic E-state index is 10.6. The Kier molecular flexibility index (Phi) is 4.63. The minimum atomic E-state index is -0.750. The molecule has 1 heterocycles. The van der Waals surface area contributed by atoms with Crippen LogP contribution in [0.2, 0.25) is 0 Å². The molecule has 0 aliphatic carbocycles. The zero-order chi connectivity index (χ0) is 13.7. The average Bonchev–Trinajstić information content (AvgIpc) is 2.85. The molecule has 0 fully saturated rings. The molecule has 0 bridgehead atoms. The van der Waals surface area contributed by atoms with E-state index in [-0.39, 0.29) is 11.7 Å². The van der Waals surface area contributed by atoms with Crippen LogP contribution in [-0.2, 0) is 10.5 Å². The molecule has 1 aromatic carbocycles. The summed E-state index contributed by atoms with van der Waals surface area (Å²) >= 11 is 1.63. The van der Waals surface area contributed by atoms with Gasteiger partial charge in [0.25, 0.3) is 0 Å². The molecule has 1 unspecified atom stereocenters. The highest BCUT2D eigenvalue weighted by molar-refractivity contribution is 7.99. The standard InChI is InChI=1S/C14H16N2O2S/c1-11(7-14(17)18)19-10-12-8-15-16(9-12)13-5-3-2-4-6-13/h2-6,8-9,11H,7,10H2,1H3,(H,17,18). The van der Waals surface area contributed by atoms with Crippen LogP contribution in [0.1, 0.15) is 18.9 Å². The Hall–Kier alpha value is -1.75. The lowest BCUT2D eigenvalue weighted by Gasteiger charge is -2.06.